The summed E-state index contributed by atoms with van der Waals surface area (Å²) in [6.45, 7) is 6.56. The summed E-state index contributed by atoms with van der Waals surface area (Å²) in [7, 11) is 0. The maximum absolute atomic E-state index is 11.9. The Bertz CT molecular complexity index is 570. The van der Waals surface area contributed by atoms with Gasteiger partial charge in [0.25, 0.3) is 0 Å². The molecule has 0 N–H and O–H groups in total. The summed E-state index contributed by atoms with van der Waals surface area (Å²) in [6, 6.07) is 11.9. The first kappa shape index (κ1) is 12.6. The van der Waals surface area contributed by atoms with E-state index in [1.165, 1.54) is 5.56 Å². The summed E-state index contributed by atoms with van der Waals surface area (Å²) in [5, 5.41) is 2.22. The average Bonchev–Trinajstić information content (AvgIpc) is 2.34. The number of benzene rings is 2. The van der Waals surface area contributed by atoms with Gasteiger partial charge in [0.2, 0.25) is 0 Å². The lowest BCUT2D eigenvalue weighted by Gasteiger charge is -2.08. The van der Waals surface area contributed by atoms with Crippen molar-refractivity contribution in [2.75, 3.05) is 6.61 Å². The van der Waals surface area contributed by atoms with Gasteiger partial charge in [0.15, 0.2) is 0 Å². The van der Waals surface area contributed by atoms with Crippen LogP contribution in [0, 0.1) is 12.8 Å². The number of carbonyl (C=O) groups excluding carboxylic acids is 1. The molecule has 0 saturated heterocycles. The standard InChI is InChI=1S/C16H18O2/c1-11(2)10-18-16(17)14-7-6-13-5-4-12(3)8-15(13)9-14/h4-9,11H,10H2,1-3H3. The highest BCUT2D eigenvalue weighted by Gasteiger charge is 2.08. The molecule has 2 aromatic rings. The van der Waals surface area contributed by atoms with E-state index in [2.05, 4.69) is 18.2 Å². The van der Waals surface area contributed by atoms with Gasteiger partial charge in [-0.05, 0) is 35.7 Å². The van der Waals surface area contributed by atoms with Gasteiger partial charge in [-0.1, -0.05) is 43.7 Å². The van der Waals surface area contributed by atoms with Gasteiger partial charge >= 0.3 is 5.97 Å². The van der Waals surface area contributed by atoms with Crippen LogP contribution in [0.3, 0.4) is 0 Å². The summed E-state index contributed by atoms with van der Waals surface area (Å²) in [4.78, 5) is 11.9. The summed E-state index contributed by atoms with van der Waals surface area (Å²) in [5.74, 6) is 0.115. The molecule has 0 spiro atoms. The highest BCUT2D eigenvalue weighted by Crippen LogP contribution is 2.18. The quantitative estimate of drug-likeness (QED) is 0.761. The molecule has 0 aliphatic rings. The minimum Gasteiger partial charge on any atom is -0.462 e. The third-order valence-electron chi connectivity index (χ3n) is 2.78. The number of aryl methyl sites for hydroxylation is 1. The molecule has 18 heavy (non-hydrogen) atoms. The van der Waals surface area contributed by atoms with Crippen molar-refractivity contribution in [2.45, 2.75) is 20.8 Å². The highest BCUT2D eigenvalue weighted by atomic mass is 16.5. The van der Waals surface area contributed by atoms with Crippen molar-refractivity contribution in [3.05, 3.63) is 47.5 Å². The molecule has 0 heterocycles. The zero-order valence-electron chi connectivity index (χ0n) is 11.1. The van der Waals surface area contributed by atoms with Crippen molar-refractivity contribution in [1.29, 1.82) is 0 Å². The first-order valence-electron chi connectivity index (χ1n) is 6.24. The lowest BCUT2D eigenvalue weighted by molar-refractivity contribution is 0.0459. The molecule has 2 heteroatoms. The topological polar surface area (TPSA) is 26.3 Å². The Kier molecular flexibility index (Phi) is 3.66. The first-order chi connectivity index (χ1) is 8.56. The third kappa shape index (κ3) is 2.89. The number of rotatable bonds is 3. The van der Waals surface area contributed by atoms with Crippen molar-refractivity contribution >= 4 is 16.7 Å². The Labute approximate surface area is 108 Å². The Hall–Kier alpha value is -1.83. The van der Waals surface area contributed by atoms with Crippen LogP contribution in [-0.2, 0) is 4.74 Å². The Morgan fingerprint density at radius 1 is 1.11 bits per heavy atom. The summed E-state index contributed by atoms with van der Waals surface area (Å²) >= 11 is 0. The van der Waals surface area contributed by atoms with E-state index in [1.54, 1.807) is 0 Å². The number of fused-ring (bicyclic) bond motifs is 1. The smallest absolute Gasteiger partial charge is 0.338 e. The molecule has 2 rings (SSSR count). The molecule has 0 aliphatic heterocycles. The summed E-state index contributed by atoms with van der Waals surface area (Å²) in [5.41, 5.74) is 1.81. The fraction of sp³-hybridized carbons (Fsp3) is 0.312. The van der Waals surface area contributed by atoms with Gasteiger partial charge in [-0.3, -0.25) is 0 Å². The first-order valence-corrected chi connectivity index (χ1v) is 6.24. The van der Waals surface area contributed by atoms with E-state index in [1.807, 2.05) is 39.0 Å². The van der Waals surface area contributed by atoms with Gasteiger partial charge in [-0.25, -0.2) is 4.79 Å². The van der Waals surface area contributed by atoms with Crippen LogP contribution in [0.15, 0.2) is 36.4 Å². The van der Waals surface area contributed by atoms with Crippen molar-refractivity contribution in [1.82, 2.24) is 0 Å². The van der Waals surface area contributed by atoms with Crippen molar-refractivity contribution in [3.63, 3.8) is 0 Å². The Balaban J connectivity index is 2.26. The highest BCUT2D eigenvalue weighted by molar-refractivity contribution is 5.95. The second-order valence-electron chi connectivity index (χ2n) is 5.06. The van der Waals surface area contributed by atoms with Crippen LogP contribution >= 0.6 is 0 Å². The number of hydrogen-bond acceptors (Lipinski definition) is 2. The van der Waals surface area contributed by atoms with Crippen LogP contribution in [0.4, 0.5) is 0 Å². The molecule has 0 saturated carbocycles. The monoisotopic (exact) mass is 242 g/mol. The molecule has 2 nitrogen and oxygen atoms in total. The van der Waals surface area contributed by atoms with E-state index in [-0.39, 0.29) is 5.97 Å². The van der Waals surface area contributed by atoms with E-state index in [0.29, 0.717) is 18.1 Å². The van der Waals surface area contributed by atoms with Gasteiger partial charge in [-0.15, -0.1) is 0 Å². The van der Waals surface area contributed by atoms with Crippen LogP contribution in [0.25, 0.3) is 10.8 Å². The molecule has 0 bridgehead atoms. The van der Waals surface area contributed by atoms with Gasteiger partial charge in [0.05, 0.1) is 12.2 Å². The molecule has 94 valence electrons. The Morgan fingerprint density at radius 2 is 1.83 bits per heavy atom. The molecule has 0 aromatic heterocycles. The lowest BCUT2D eigenvalue weighted by atomic mass is 10.0. The fourth-order valence-corrected chi connectivity index (χ4v) is 1.82. The van der Waals surface area contributed by atoms with Crippen LogP contribution in [0.1, 0.15) is 29.8 Å². The number of ether oxygens (including phenoxy) is 1. The second-order valence-corrected chi connectivity index (χ2v) is 5.06. The maximum Gasteiger partial charge on any atom is 0.338 e. The van der Waals surface area contributed by atoms with Crippen molar-refractivity contribution in [3.8, 4) is 0 Å². The Morgan fingerprint density at radius 3 is 2.56 bits per heavy atom. The van der Waals surface area contributed by atoms with Crippen LogP contribution in [-0.4, -0.2) is 12.6 Å². The van der Waals surface area contributed by atoms with E-state index < -0.39 is 0 Å². The predicted octanol–water partition coefficient (Wildman–Crippen LogP) is 3.96. The van der Waals surface area contributed by atoms with E-state index in [0.717, 1.165) is 10.8 Å². The van der Waals surface area contributed by atoms with Crippen LogP contribution < -0.4 is 0 Å². The zero-order valence-corrected chi connectivity index (χ0v) is 11.1. The minimum absolute atomic E-state index is 0.243. The third-order valence-corrected chi connectivity index (χ3v) is 2.78. The largest absolute Gasteiger partial charge is 0.462 e. The fourth-order valence-electron chi connectivity index (χ4n) is 1.82. The van der Waals surface area contributed by atoms with Gasteiger partial charge in [-0.2, -0.15) is 0 Å². The lowest BCUT2D eigenvalue weighted by Crippen LogP contribution is -2.10. The predicted molar refractivity (Wildman–Crippen MR) is 73.8 cm³/mol. The molecular formula is C16H18O2. The average molecular weight is 242 g/mol. The van der Waals surface area contributed by atoms with E-state index >= 15 is 0 Å². The molecule has 0 amide bonds. The van der Waals surface area contributed by atoms with Crippen molar-refractivity contribution in [2.24, 2.45) is 5.92 Å². The van der Waals surface area contributed by atoms with Gasteiger partial charge in [0.1, 0.15) is 0 Å². The molecule has 0 fully saturated rings. The second kappa shape index (κ2) is 5.21. The SMILES string of the molecule is Cc1ccc2ccc(C(=O)OCC(C)C)cc2c1. The van der Waals surface area contributed by atoms with E-state index in [4.69, 9.17) is 4.74 Å². The van der Waals surface area contributed by atoms with E-state index in [9.17, 15) is 4.79 Å². The molecule has 0 aliphatic carbocycles. The molecule has 0 unspecified atom stereocenters. The van der Waals surface area contributed by atoms with Crippen LogP contribution in [0.2, 0.25) is 0 Å². The normalized spacial score (nSPS) is 10.9. The number of esters is 1. The molecule has 2 aromatic carbocycles. The summed E-state index contributed by atoms with van der Waals surface area (Å²) in [6.07, 6.45) is 0. The molecule has 0 atom stereocenters. The number of hydrogen-bond donors (Lipinski definition) is 0. The molecular weight excluding hydrogens is 224 g/mol. The number of carbonyl (C=O) groups is 1. The van der Waals surface area contributed by atoms with Crippen LogP contribution in [0.5, 0.6) is 0 Å². The van der Waals surface area contributed by atoms with Crippen molar-refractivity contribution < 1.29 is 9.53 Å². The maximum atomic E-state index is 11.9. The summed E-state index contributed by atoms with van der Waals surface area (Å²) < 4.78 is 5.23. The van der Waals surface area contributed by atoms with Gasteiger partial charge in [0, 0.05) is 0 Å². The molecule has 0 radical (unpaired) electrons. The minimum atomic E-state index is -0.243. The van der Waals surface area contributed by atoms with Gasteiger partial charge < -0.3 is 4.74 Å². The zero-order chi connectivity index (χ0) is 13.1.